The Morgan fingerprint density at radius 1 is 0.886 bits per heavy atom. The summed E-state index contributed by atoms with van der Waals surface area (Å²) >= 11 is 6.30. The van der Waals surface area contributed by atoms with E-state index in [0.717, 1.165) is 23.4 Å². The van der Waals surface area contributed by atoms with E-state index >= 15 is 0 Å². The predicted molar refractivity (Wildman–Crippen MR) is 167 cm³/mol. The highest BCUT2D eigenvalue weighted by Gasteiger charge is 2.34. The molecule has 10 heteroatoms. The van der Waals surface area contributed by atoms with Crippen LogP contribution in [0.1, 0.15) is 40.2 Å². The summed E-state index contributed by atoms with van der Waals surface area (Å²) in [7, 11) is -3.53. The Kier molecular flexibility index (Phi) is 11.5. The van der Waals surface area contributed by atoms with Gasteiger partial charge in [0.2, 0.25) is 0 Å². The van der Waals surface area contributed by atoms with E-state index < -0.39 is 21.6 Å². The van der Waals surface area contributed by atoms with Gasteiger partial charge in [0.25, 0.3) is 0 Å². The Hall–Kier alpha value is -3.37. The molecule has 4 aromatic carbocycles. The van der Waals surface area contributed by atoms with E-state index in [4.69, 9.17) is 16.3 Å². The van der Waals surface area contributed by atoms with Crippen molar-refractivity contribution in [2.75, 3.05) is 32.6 Å². The Bertz CT molecular complexity index is 1580. The van der Waals surface area contributed by atoms with E-state index in [-0.39, 0.29) is 42.0 Å². The van der Waals surface area contributed by atoms with Gasteiger partial charge in [-0.2, -0.15) is 13.2 Å². The van der Waals surface area contributed by atoms with Gasteiger partial charge in [0.05, 0.1) is 22.1 Å². The molecule has 5 nitrogen and oxygen atoms in total. The van der Waals surface area contributed by atoms with Crippen molar-refractivity contribution in [2.45, 2.75) is 36.4 Å². The first-order chi connectivity index (χ1) is 21.0. The summed E-state index contributed by atoms with van der Waals surface area (Å²) < 4.78 is 71.4. The van der Waals surface area contributed by atoms with Crippen molar-refractivity contribution in [3.05, 3.63) is 130 Å². The molecule has 0 aromatic heterocycles. The van der Waals surface area contributed by atoms with Gasteiger partial charge in [0, 0.05) is 38.4 Å². The van der Waals surface area contributed by atoms with Crippen LogP contribution >= 0.6 is 11.6 Å². The lowest BCUT2D eigenvalue weighted by atomic mass is 9.90. The maximum atomic E-state index is 13.6. The molecule has 234 valence electrons. The number of benzene rings is 4. The van der Waals surface area contributed by atoms with Crippen LogP contribution in [0.3, 0.4) is 0 Å². The maximum absolute atomic E-state index is 13.6. The average Bonchev–Trinajstić information content (AvgIpc) is 2.99. The third-order valence-corrected chi connectivity index (χ3v) is 8.95. The molecule has 0 bridgehead atoms. The molecular formula is C34H35ClF3NO4S. The summed E-state index contributed by atoms with van der Waals surface area (Å²) in [5, 5.41) is 8.98. The maximum Gasteiger partial charge on any atom is 0.417 e. The van der Waals surface area contributed by atoms with Crippen molar-refractivity contribution in [3.8, 4) is 5.75 Å². The zero-order chi connectivity index (χ0) is 31.7. The van der Waals surface area contributed by atoms with Gasteiger partial charge in [-0.3, -0.25) is 4.90 Å². The van der Waals surface area contributed by atoms with E-state index in [1.54, 1.807) is 18.2 Å². The molecule has 4 rings (SSSR count). The third kappa shape index (κ3) is 9.08. The van der Waals surface area contributed by atoms with Gasteiger partial charge in [0.1, 0.15) is 5.75 Å². The van der Waals surface area contributed by atoms with Crippen LogP contribution in [0.4, 0.5) is 13.2 Å². The summed E-state index contributed by atoms with van der Waals surface area (Å²) in [5.74, 6) is 0.324. The van der Waals surface area contributed by atoms with Crippen molar-refractivity contribution in [1.82, 2.24) is 4.90 Å². The van der Waals surface area contributed by atoms with Crippen molar-refractivity contribution < 1.29 is 31.4 Å². The van der Waals surface area contributed by atoms with Crippen LogP contribution in [-0.4, -0.2) is 51.0 Å². The van der Waals surface area contributed by atoms with Gasteiger partial charge in [-0.1, -0.05) is 90.5 Å². The van der Waals surface area contributed by atoms with E-state index in [1.165, 1.54) is 12.1 Å². The molecule has 0 heterocycles. The molecule has 0 unspecified atom stereocenters. The summed E-state index contributed by atoms with van der Waals surface area (Å²) in [4.78, 5) is 2.18. The second-order valence-corrected chi connectivity index (χ2v) is 13.0. The van der Waals surface area contributed by atoms with Gasteiger partial charge < -0.3 is 9.84 Å². The van der Waals surface area contributed by atoms with Crippen LogP contribution in [0.25, 0.3) is 0 Å². The van der Waals surface area contributed by atoms with Gasteiger partial charge >= 0.3 is 6.18 Å². The molecular weight excluding hydrogens is 611 g/mol. The lowest BCUT2D eigenvalue weighted by Gasteiger charge is -2.29. The fourth-order valence-corrected chi connectivity index (χ4v) is 6.47. The molecule has 0 spiro atoms. The van der Waals surface area contributed by atoms with Crippen LogP contribution in [0, 0.1) is 0 Å². The largest absolute Gasteiger partial charge is 0.494 e. The number of sulfone groups is 1. The number of aliphatic hydroxyl groups excluding tert-OH is 1. The summed E-state index contributed by atoms with van der Waals surface area (Å²) in [5.41, 5.74) is 2.17. The first-order valence-electron chi connectivity index (χ1n) is 14.2. The van der Waals surface area contributed by atoms with Crippen LogP contribution < -0.4 is 4.74 Å². The Balaban J connectivity index is 1.57. The van der Waals surface area contributed by atoms with Crippen LogP contribution in [0.15, 0.2) is 102 Å². The van der Waals surface area contributed by atoms with Crippen molar-refractivity contribution >= 4 is 21.4 Å². The number of ether oxygens (including phenoxy) is 1. The molecule has 0 amide bonds. The molecule has 0 atom stereocenters. The summed E-state index contributed by atoms with van der Waals surface area (Å²) in [6.07, 6.45) is -2.74. The number of rotatable bonds is 14. The minimum Gasteiger partial charge on any atom is -0.494 e. The molecule has 4 aromatic rings. The lowest BCUT2D eigenvalue weighted by Crippen LogP contribution is -2.31. The quantitative estimate of drug-likeness (QED) is 0.145. The minimum absolute atomic E-state index is 0.0562. The number of nitrogens with zero attached hydrogens (tertiary/aromatic N) is 1. The number of halogens is 4. The number of aliphatic hydroxyl groups is 1. The van der Waals surface area contributed by atoms with Crippen molar-refractivity contribution in [2.24, 2.45) is 0 Å². The molecule has 1 N–H and O–H groups in total. The first-order valence-corrected chi connectivity index (χ1v) is 16.5. The number of hydrogen-bond donors (Lipinski definition) is 1. The van der Waals surface area contributed by atoms with E-state index in [9.17, 15) is 26.7 Å². The Morgan fingerprint density at radius 2 is 1.52 bits per heavy atom. The van der Waals surface area contributed by atoms with Crippen LogP contribution in [0.5, 0.6) is 5.75 Å². The highest BCUT2D eigenvalue weighted by molar-refractivity contribution is 7.90. The monoisotopic (exact) mass is 645 g/mol. The fourth-order valence-electron chi connectivity index (χ4n) is 5.20. The average molecular weight is 646 g/mol. The normalized spacial score (nSPS) is 12.2. The second kappa shape index (κ2) is 15.1. The summed E-state index contributed by atoms with van der Waals surface area (Å²) in [6, 6.07) is 28.6. The summed E-state index contributed by atoms with van der Waals surface area (Å²) in [6.45, 7) is 1.24. The molecule has 0 aliphatic carbocycles. The molecule has 0 aliphatic rings. The van der Waals surface area contributed by atoms with Crippen LogP contribution in [0.2, 0.25) is 5.02 Å². The lowest BCUT2D eigenvalue weighted by molar-refractivity contribution is -0.137. The van der Waals surface area contributed by atoms with Crippen LogP contribution in [-0.2, 0) is 29.0 Å². The zero-order valence-electron chi connectivity index (χ0n) is 24.3. The molecule has 44 heavy (non-hydrogen) atoms. The van der Waals surface area contributed by atoms with Gasteiger partial charge in [-0.25, -0.2) is 8.42 Å². The van der Waals surface area contributed by atoms with Gasteiger partial charge in [-0.05, 0) is 53.3 Å². The highest BCUT2D eigenvalue weighted by atomic mass is 35.5. The van der Waals surface area contributed by atoms with E-state index in [2.05, 4.69) is 4.90 Å². The zero-order valence-corrected chi connectivity index (χ0v) is 25.9. The molecule has 0 radical (unpaired) electrons. The smallest absolute Gasteiger partial charge is 0.417 e. The second-order valence-electron chi connectivity index (χ2n) is 10.6. The van der Waals surface area contributed by atoms with Gasteiger partial charge in [0.15, 0.2) is 9.84 Å². The van der Waals surface area contributed by atoms with E-state index in [0.29, 0.717) is 36.4 Å². The van der Waals surface area contributed by atoms with Gasteiger partial charge in [-0.15, -0.1) is 0 Å². The molecule has 0 aliphatic heterocycles. The first kappa shape index (κ1) is 33.5. The topological polar surface area (TPSA) is 66.8 Å². The standard InChI is InChI=1S/C34H35ClF3NO4S/c1-44(41,42)32-22-29(17-16-27(32)18-20-40)43-21-9-19-39(23-28-14-8-15-31(33(28)35)34(36,37)38)24-30(25-10-4-2-5-11-25)26-12-6-3-7-13-26/h2-8,10-17,22,30,40H,9,18-21,23-24H2,1H3. The fraction of sp³-hybridized carbons (Fsp3) is 0.294. The molecule has 0 saturated carbocycles. The minimum atomic E-state index is -4.57. The van der Waals surface area contributed by atoms with E-state index in [1.807, 2.05) is 60.7 Å². The highest BCUT2D eigenvalue weighted by Crippen LogP contribution is 2.37. The predicted octanol–water partition coefficient (Wildman–Crippen LogP) is 7.40. The third-order valence-electron chi connectivity index (χ3n) is 7.33. The Morgan fingerprint density at radius 3 is 2.09 bits per heavy atom. The van der Waals surface area contributed by atoms with Crippen molar-refractivity contribution in [1.29, 1.82) is 0 Å². The van der Waals surface area contributed by atoms with Crippen molar-refractivity contribution in [3.63, 3.8) is 0 Å². The Labute approximate surface area is 261 Å². The SMILES string of the molecule is CS(=O)(=O)c1cc(OCCCN(Cc2cccc(C(F)(F)F)c2Cl)CC(c2ccccc2)c2ccccc2)ccc1CCO. The number of hydrogen-bond acceptors (Lipinski definition) is 5. The molecule has 0 fully saturated rings. The molecule has 0 saturated heterocycles. The number of alkyl halides is 3.